The van der Waals surface area contributed by atoms with Crippen molar-refractivity contribution in [1.82, 2.24) is 10.2 Å². The number of likely N-dealkylation sites (tertiary alicyclic amines) is 1. The molecule has 1 aliphatic carbocycles. The van der Waals surface area contributed by atoms with Gasteiger partial charge in [-0.3, -0.25) is 9.59 Å². The highest BCUT2D eigenvalue weighted by atomic mass is 35.5. The van der Waals surface area contributed by atoms with Gasteiger partial charge in [-0.1, -0.05) is 36.4 Å². The molecule has 0 radical (unpaired) electrons. The third-order valence-electron chi connectivity index (χ3n) is 7.56. The molecule has 2 aromatic rings. The highest BCUT2D eigenvalue weighted by Crippen LogP contribution is 2.46. The van der Waals surface area contributed by atoms with Crippen molar-refractivity contribution in [3.63, 3.8) is 0 Å². The van der Waals surface area contributed by atoms with Crippen LogP contribution in [0.15, 0.2) is 48.5 Å². The number of fused-ring (bicyclic) bond motifs is 2. The Morgan fingerprint density at radius 1 is 1.09 bits per heavy atom. The van der Waals surface area contributed by atoms with Gasteiger partial charge < -0.3 is 20.7 Å². The minimum absolute atomic E-state index is 0. The van der Waals surface area contributed by atoms with Crippen molar-refractivity contribution in [2.45, 2.75) is 69.4 Å². The molecular formula is C28H38ClN3O3. The number of nitrogens with zero attached hydrogens (tertiary/aromatic N) is 1. The quantitative estimate of drug-likeness (QED) is 0.607. The number of ether oxygens (including phenoxy) is 1. The Labute approximate surface area is 215 Å². The number of carbonyl (C=O) groups is 2. The summed E-state index contributed by atoms with van der Waals surface area (Å²) in [4.78, 5) is 28.2. The van der Waals surface area contributed by atoms with Gasteiger partial charge in [0.25, 0.3) is 0 Å². The van der Waals surface area contributed by atoms with Crippen LogP contribution in [0.25, 0.3) is 0 Å². The van der Waals surface area contributed by atoms with Crippen molar-refractivity contribution < 1.29 is 14.3 Å². The molecule has 1 atom stereocenters. The second-order valence-corrected chi connectivity index (χ2v) is 10.4. The number of halogens is 1. The minimum Gasteiger partial charge on any atom is -0.497 e. The number of amides is 2. The Bertz CT molecular complexity index is 1020. The highest BCUT2D eigenvalue weighted by Gasteiger charge is 2.42. The fourth-order valence-electron chi connectivity index (χ4n) is 5.36. The molecule has 1 spiro atoms. The van der Waals surface area contributed by atoms with Crippen molar-refractivity contribution in [3.8, 4) is 5.75 Å². The zero-order valence-corrected chi connectivity index (χ0v) is 21.8. The summed E-state index contributed by atoms with van der Waals surface area (Å²) in [7, 11) is 1.64. The van der Waals surface area contributed by atoms with Gasteiger partial charge in [0.1, 0.15) is 11.8 Å². The third kappa shape index (κ3) is 5.99. The Kier molecular flexibility index (Phi) is 8.50. The molecule has 7 heteroatoms. The fourth-order valence-corrected chi connectivity index (χ4v) is 5.36. The number of piperidine rings is 1. The summed E-state index contributed by atoms with van der Waals surface area (Å²) in [5.41, 5.74) is 9.19. The van der Waals surface area contributed by atoms with Crippen molar-refractivity contribution in [1.29, 1.82) is 0 Å². The van der Waals surface area contributed by atoms with Crippen LogP contribution < -0.4 is 15.8 Å². The van der Waals surface area contributed by atoms with Crippen molar-refractivity contribution in [2.75, 3.05) is 20.2 Å². The standard InChI is InChI=1S/C28H37N3O3.ClH/c1-27(2,29)26(33)30-24(13-10-20-8-11-22(34-3)12-9-20)25(32)31-18-16-28(17-19-31)15-14-21-6-4-5-7-23(21)28;/h4-9,11-12,24H,10,13-19,29H2,1-3H3,(H,30,33);1H/t24-;/m1./s1. The largest absolute Gasteiger partial charge is 0.497 e. The van der Waals surface area contributed by atoms with Crippen LogP contribution in [0.1, 0.15) is 56.2 Å². The van der Waals surface area contributed by atoms with E-state index in [-0.39, 0.29) is 29.6 Å². The van der Waals surface area contributed by atoms with Crippen LogP contribution in [-0.4, -0.2) is 48.5 Å². The molecule has 6 nitrogen and oxygen atoms in total. The molecule has 190 valence electrons. The number of rotatable bonds is 7. The second-order valence-electron chi connectivity index (χ2n) is 10.4. The highest BCUT2D eigenvalue weighted by molar-refractivity contribution is 5.91. The van der Waals surface area contributed by atoms with Gasteiger partial charge in [-0.05, 0) is 86.6 Å². The zero-order chi connectivity index (χ0) is 24.3. The lowest BCUT2D eigenvalue weighted by molar-refractivity contribution is -0.139. The van der Waals surface area contributed by atoms with Gasteiger partial charge in [-0.25, -0.2) is 0 Å². The molecule has 1 aliphatic heterocycles. The van der Waals surface area contributed by atoms with Crippen LogP contribution in [0.5, 0.6) is 5.75 Å². The first-order chi connectivity index (χ1) is 16.2. The number of benzene rings is 2. The monoisotopic (exact) mass is 499 g/mol. The average molecular weight is 500 g/mol. The third-order valence-corrected chi connectivity index (χ3v) is 7.56. The Morgan fingerprint density at radius 2 is 1.74 bits per heavy atom. The fraction of sp³-hybridized carbons (Fsp3) is 0.500. The van der Waals surface area contributed by atoms with Gasteiger partial charge in [0.05, 0.1) is 12.6 Å². The first-order valence-corrected chi connectivity index (χ1v) is 12.3. The first-order valence-electron chi connectivity index (χ1n) is 12.3. The smallest absolute Gasteiger partial charge is 0.245 e. The summed E-state index contributed by atoms with van der Waals surface area (Å²) in [5, 5.41) is 2.94. The molecule has 0 bridgehead atoms. The van der Waals surface area contributed by atoms with E-state index in [1.54, 1.807) is 21.0 Å². The van der Waals surface area contributed by atoms with Crippen LogP contribution in [-0.2, 0) is 27.8 Å². The lowest BCUT2D eigenvalue weighted by Crippen LogP contribution is -2.57. The Morgan fingerprint density at radius 3 is 2.37 bits per heavy atom. The van der Waals surface area contributed by atoms with E-state index in [1.165, 1.54) is 11.1 Å². The van der Waals surface area contributed by atoms with Crippen molar-refractivity contribution >= 4 is 24.2 Å². The van der Waals surface area contributed by atoms with Gasteiger partial charge in [-0.2, -0.15) is 0 Å². The van der Waals surface area contributed by atoms with Crippen LogP contribution in [0, 0.1) is 0 Å². The maximum absolute atomic E-state index is 13.6. The van der Waals surface area contributed by atoms with E-state index in [1.807, 2.05) is 29.2 Å². The first kappa shape index (κ1) is 27.0. The molecule has 1 saturated heterocycles. The molecule has 0 aromatic heterocycles. The molecule has 2 aromatic carbocycles. The molecule has 4 rings (SSSR count). The van der Waals surface area contributed by atoms with Gasteiger partial charge in [0.15, 0.2) is 0 Å². The molecule has 1 heterocycles. The molecule has 1 fully saturated rings. The Hall–Kier alpha value is -2.57. The topological polar surface area (TPSA) is 84.7 Å². The summed E-state index contributed by atoms with van der Waals surface area (Å²) >= 11 is 0. The number of methoxy groups -OCH3 is 1. The van der Waals surface area contributed by atoms with Crippen LogP contribution in [0.2, 0.25) is 0 Å². The number of hydrogen-bond acceptors (Lipinski definition) is 4. The molecule has 35 heavy (non-hydrogen) atoms. The molecular weight excluding hydrogens is 462 g/mol. The molecule has 0 saturated carbocycles. The van der Waals surface area contributed by atoms with E-state index < -0.39 is 11.6 Å². The van der Waals surface area contributed by atoms with E-state index in [0.29, 0.717) is 25.9 Å². The maximum atomic E-state index is 13.6. The van der Waals surface area contributed by atoms with Gasteiger partial charge in [0.2, 0.25) is 11.8 Å². The predicted molar refractivity (Wildman–Crippen MR) is 141 cm³/mol. The Balaban J connectivity index is 0.00000342. The molecule has 2 aliphatic rings. The van der Waals surface area contributed by atoms with Crippen molar-refractivity contribution in [3.05, 3.63) is 65.2 Å². The molecule has 3 N–H and O–H groups in total. The van der Waals surface area contributed by atoms with Gasteiger partial charge in [0, 0.05) is 13.1 Å². The van der Waals surface area contributed by atoms with E-state index in [2.05, 4.69) is 29.6 Å². The SMILES string of the molecule is COc1ccc(CC[C@@H](NC(=O)C(C)(C)N)C(=O)N2CCC3(CCc4ccccc43)CC2)cc1.Cl. The number of nitrogens with one attached hydrogen (secondary N) is 1. The zero-order valence-electron chi connectivity index (χ0n) is 21.0. The second kappa shape index (κ2) is 11.0. The van der Waals surface area contributed by atoms with Crippen molar-refractivity contribution in [2.24, 2.45) is 5.73 Å². The summed E-state index contributed by atoms with van der Waals surface area (Å²) < 4.78 is 5.23. The molecule has 2 amide bonds. The number of carbonyl (C=O) groups excluding carboxylic acids is 2. The van der Waals surface area contributed by atoms with Crippen LogP contribution >= 0.6 is 12.4 Å². The van der Waals surface area contributed by atoms with Gasteiger partial charge in [-0.15, -0.1) is 12.4 Å². The molecule has 0 unspecified atom stereocenters. The summed E-state index contributed by atoms with van der Waals surface area (Å²) in [6.07, 6.45) is 5.42. The summed E-state index contributed by atoms with van der Waals surface area (Å²) in [6.45, 7) is 4.76. The van der Waals surface area contributed by atoms with E-state index in [9.17, 15) is 9.59 Å². The average Bonchev–Trinajstić information content (AvgIpc) is 3.19. The minimum atomic E-state index is -1.04. The summed E-state index contributed by atoms with van der Waals surface area (Å²) in [5.74, 6) is 0.483. The number of hydrogen-bond donors (Lipinski definition) is 2. The summed E-state index contributed by atoms with van der Waals surface area (Å²) in [6, 6.07) is 16.0. The van der Waals surface area contributed by atoms with E-state index in [4.69, 9.17) is 10.5 Å². The van der Waals surface area contributed by atoms with E-state index >= 15 is 0 Å². The predicted octanol–water partition coefficient (Wildman–Crippen LogP) is 3.78. The lowest BCUT2D eigenvalue weighted by Gasteiger charge is -2.41. The number of aryl methyl sites for hydroxylation is 2. The lowest BCUT2D eigenvalue weighted by atomic mass is 9.74. The van der Waals surface area contributed by atoms with E-state index in [0.717, 1.165) is 37.0 Å². The maximum Gasteiger partial charge on any atom is 0.245 e. The van der Waals surface area contributed by atoms with Crippen LogP contribution in [0.4, 0.5) is 0 Å². The van der Waals surface area contributed by atoms with Crippen LogP contribution in [0.3, 0.4) is 0 Å². The number of nitrogens with two attached hydrogens (primary N) is 1. The normalized spacial score (nSPS) is 17.3. The van der Waals surface area contributed by atoms with Gasteiger partial charge >= 0.3 is 0 Å².